The summed E-state index contributed by atoms with van der Waals surface area (Å²) in [7, 11) is 0. The number of hydrogen-bond donors (Lipinski definition) is 1. The largest absolute Gasteiger partial charge is 0.350 e. The first-order valence-electron chi connectivity index (χ1n) is 10.1. The van der Waals surface area contributed by atoms with E-state index < -0.39 is 0 Å². The minimum absolute atomic E-state index is 0.111. The standard InChI is InChI=1S/C25H22ClN3O2/c1-17(18-7-3-2-4-8-18)27-23(30)15-16-29-25(31)22-10-6-5-9-21(22)24(28-29)19-11-13-20(26)14-12-19/h2-14,17H,15-16H2,1H3,(H,27,30)/t17-/m0/s1. The van der Waals surface area contributed by atoms with E-state index in [0.717, 1.165) is 16.5 Å². The highest BCUT2D eigenvalue weighted by Crippen LogP contribution is 2.25. The minimum Gasteiger partial charge on any atom is -0.350 e. The van der Waals surface area contributed by atoms with Crippen molar-refractivity contribution in [3.63, 3.8) is 0 Å². The fourth-order valence-corrected chi connectivity index (χ4v) is 3.68. The summed E-state index contributed by atoms with van der Waals surface area (Å²) < 4.78 is 1.37. The van der Waals surface area contributed by atoms with Crippen LogP contribution in [0.5, 0.6) is 0 Å². The summed E-state index contributed by atoms with van der Waals surface area (Å²) in [5.74, 6) is -0.133. The van der Waals surface area contributed by atoms with Crippen molar-refractivity contribution >= 4 is 28.3 Å². The molecule has 3 aromatic carbocycles. The second kappa shape index (κ2) is 9.14. The van der Waals surface area contributed by atoms with E-state index >= 15 is 0 Å². The Balaban J connectivity index is 1.59. The van der Waals surface area contributed by atoms with Gasteiger partial charge in [-0.3, -0.25) is 9.59 Å². The number of rotatable bonds is 6. The third-order valence-electron chi connectivity index (χ3n) is 5.21. The van der Waals surface area contributed by atoms with Crippen LogP contribution in [0.2, 0.25) is 5.02 Å². The van der Waals surface area contributed by atoms with Crippen molar-refractivity contribution < 1.29 is 4.79 Å². The van der Waals surface area contributed by atoms with Crippen LogP contribution in [0.3, 0.4) is 0 Å². The fraction of sp³-hybridized carbons (Fsp3) is 0.160. The molecule has 0 fully saturated rings. The molecule has 0 aliphatic heterocycles. The van der Waals surface area contributed by atoms with Gasteiger partial charge >= 0.3 is 0 Å². The Morgan fingerprint density at radius 1 is 0.968 bits per heavy atom. The zero-order valence-electron chi connectivity index (χ0n) is 17.1. The Morgan fingerprint density at radius 2 is 1.61 bits per heavy atom. The maximum Gasteiger partial charge on any atom is 0.274 e. The highest BCUT2D eigenvalue weighted by atomic mass is 35.5. The van der Waals surface area contributed by atoms with Crippen LogP contribution >= 0.6 is 11.6 Å². The maximum absolute atomic E-state index is 13.0. The van der Waals surface area contributed by atoms with E-state index in [-0.39, 0.29) is 30.5 Å². The average Bonchev–Trinajstić information content (AvgIpc) is 2.80. The number of aryl methyl sites for hydroxylation is 1. The van der Waals surface area contributed by atoms with Gasteiger partial charge in [-0.15, -0.1) is 0 Å². The summed E-state index contributed by atoms with van der Waals surface area (Å²) in [6, 6.07) is 24.4. The van der Waals surface area contributed by atoms with Crippen LogP contribution in [-0.2, 0) is 11.3 Å². The number of carbonyl (C=O) groups is 1. The van der Waals surface area contributed by atoms with E-state index in [1.54, 1.807) is 18.2 Å². The van der Waals surface area contributed by atoms with Gasteiger partial charge in [-0.2, -0.15) is 5.10 Å². The second-order valence-electron chi connectivity index (χ2n) is 7.38. The van der Waals surface area contributed by atoms with Crippen molar-refractivity contribution in [3.8, 4) is 11.3 Å². The van der Waals surface area contributed by atoms with Crippen molar-refractivity contribution in [2.24, 2.45) is 0 Å². The molecule has 1 N–H and O–H groups in total. The summed E-state index contributed by atoms with van der Waals surface area (Å²) in [5, 5.41) is 9.54. The van der Waals surface area contributed by atoms with Gasteiger partial charge in [0, 0.05) is 22.4 Å². The quantitative estimate of drug-likeness (QED) is 0.468. The normalized spacial score (nSPS) is 11.9. The first-order valence-corrected chi connectivity index (χ1v) is 10.5. The second-order valence-corrected chi connectivity index (χ2v) is 7.82. The van der Waals surface area contributed by atoms with Crippen molar-refractivity contribution in [2.75, 3.05) is 0 Å². The van der Waals surface area contributed by atoms with Crippen LogP contribution < -0.4 is 10.9 Å². The van der Waals surface area contributed by atoms with Crippen LogP contribution in [-0.4, -0.2) is 15.7 Å². The van der Waals surface area contributed by atoms with Crippen LogP contribution in [0.4, 0.5) is 0 Å². The Labute approximate surface area is 185 Å². The lowest BCUT2D eigenvalue weighted by molar-refractivity contribution is -0.122. The predicted octanol–water partition coefficient (Wildman–Crippen LogP) is 4.98. The zero-order chi connectivity index (χ0) is 21.8. The third kappa shape index (κ3) is 4.67. The lowest BCUT2D eigenvalue weighted by Gasteiger charge is -2.15. The van der Waals surface area contributed by atoms with Gasteiger partial charge in [0.25, 0.3) is 5.56 Å². The molecule has 0 saturated heterocycles. The number of fused-ring (bicyclic) bond motifs is 1. The summed E-state index contributed by atoms with van der Waals surface area (Å²) >= 11 is 6.02. The van der Waals surface area contributed by atoms with Gasteiger partial charge in [0.15, 0.2) is 0 Å². The molecule has 0 aliphatic rings. The lowest BCUT2D eigenvalue weighted by atomic mass is 10.1. The van der Waals surface area contributed by atoms with Gasteiger partial charge in [0.2, 0.25) is 5.91 Å². The zero-order valence-corrected chi connectivity index (χ0v) is 17.8. The SMILES string of the molecule is C[C@H](NC(=O)CCn1nc(-c2ccc(Cl)cc2)c2ccccc2c1=O)c1ccccc1. The fourth-order valence-electron chi connectivity index (χ4n) is 3.55. The monoisotopic (exact) mass is 431 g/mol. The molecule has 4 rings (SSSR count). The smallest absolute Gasteiger partial charge is 0.274 e. The maximum atomic E-state index is 13.0. The van der Waals surface area contributed by atoms with E-state index in [9.17, 15) is 9.59 Å². The van der Waals surface area contributed by atoms with Crippen LogP contribution in [0.25, 0.3) is 22.0 Å². The van der Waals surface area contributed by atoms with Gasteiger partial charge in [0.1, 0.15) is 0 Å². The number of benzene rings is 3. The molecular formula is C25H22ClN3O2. The van der Waals surface area contributed by atoms with Crippen molar-refractivity contribution in [3.05, 3.63) is 99.8 Å². The molecule has 0 spiro atoms. The van der Waals surface area contributed by atoms with Crippen LogP contribution in [0, 0.1) is 0 Å². The summed E-state index contributed by atoms with van der Waals surface area (Å²) in [6.07, 6.45) is 0.155. The summed E-state index contributed by atoms with van der Waals surface area (Å²) in [4.78, 5) is 25.5. The van der Waals surface area contributed by atoms with E-state index in [4.69, 9.17) is 11.6 Å². The highest BCUT2D eigenvalue weighted by Gasteiger charge is 2.14. The predicted molar refractivity (Wildman–Crippen MR) is 124 cm³/mol. The number of hydrogen-bond acceptors (Lipinski definition) is 3. The Morgan fingerprint density at radius 3 is 2.32 bits per heavy atom. The molecule has 1 heterocycles. The molecule has 4 aromatic rings. The molecule has 0 saturated carbocycles. The molecule has 1 amide bonds. The van der Waals surface area contributed by atoms with Gasteiger partial charge in [-0.1, -0.05) is 72.3 Å². The summed E-state index contributed by atoms with van der Waals surface area (Å²) in [5.41, 5.74) is 2.36. The van der Waals surface area contributed by atoms with E-state index in [2.05, 4.69) is 10.4 Å². The van der Waals surface area contributed by atoms with Crippen molar-refractivity contribution in [1.29, 1.82) is 0 Å². The average molecular weight is 432 g/mol. The molecule has 31 heavy (non-hydrogen) atoms. The number of amides is 1. The van der Waals surface area contributed by atoms with E-state index in [0.29, 0.717) is 16.1 Å². The highest BCUT2D eigenvalue weighted by molar-refractivity contribution is 6.30. The van der Waals surface area contributed by atoms with Crippen LogP contribution in [0.15, 0.2) is 83.7 Å². The van der Waals surface area contributed by atoms with Gasteiger partial charge in [-0.05, 0) is 30.7 Å². The Hall–Kier alpha value is -3.44. The number of nitrogens with zero attached hydrogens (tertiary/aromatic N) is 2. The van der Waals surface area contributed by atoms with Gasteiger partial charge in [-0.25, -0.2) is 4.68 Å². The third-order valence-corrected chi connectivity index (χ3v) is 5.47. The Kier molecular flexibility index (Phi) is 6.14. The molecule has 0 bridgehead atoms. The number of carbonyl (C=O) groups excluding carboxylic acids is 1. The molecule has 0 aliphatic carbocycles. The topological polar surface area (TPSA) is 64.0 Å². The molecule has 156 valence electrons. The first-order chi connectivity index (χ1) is 15.0. The molecule has 1 atom stereocenters. The Bertz CT molecular complexity index is 1270. The summed E-state index contributed by atoms with van der Waals surface area (Å²) in [6.45, 7) is 2.13. The van der Waals surface area contributed by atoms with E-state index in [1.165, 1.54) is 4.68 Å². The molecule has 5 nitrogen and oxygen atoms in total. The number of nitrogens with one attached hydrogen (secondary N) is 1. The first kappa shape index (κ1) is 20.8. The molecule has 1 aromatic heterocycles. The van der Waals surface area contributed by atoms with Crippen molar-refractivity contribution in [1.82, 2.24) is 15.1 Å². The molecule has 0 unspecified atom stereocenters. The van der Waals surface area contributed by atoms with Gasteiger partial charge < -0.3 is 5.32 Å². The van der Waals surface area contributed by atoms with E-state index in [1.807, 2.05) is 67.6 Å². The molecular weight excluding hydrogens is 410 g/mol. The van der Waals surface area contributed by atoms with Crippen LogP contribution in [0.1, 0.15) is 24.9 Å². The molecule has 6 heteroatoms. The van der Waals surface area contributed by atoms with Gasteiger partial charge in [0.05, 0.1) is 23.7 Å². The molecule has 0 radical (unpaired) electrons. The number of halogens is 1. The number of aromatic nitrogens is 2. The minimum atomic E-state index is -0.211. The van der Waals surface area contributed by atoms with Crippen molar-refractivity contribution in [2.45, 2.75) is 25.9 Å². The lowest BCUT2D eigenvalue weighted by Crippen LogP contribution is -2.30.